The first kappa shape index (κ1) is 26.1. The molecule has 2 aromatic heterocycles. The molecule has 2 fully saturated rings. The second-order valence-corrected chi connectivity index (χ2v) is 10.4. The lowest BCUT2D eigenvalue weighted by atomic mass is 9.90. The largest absolute Gasteiger partial charge is 0.458 e. The Morgan fingerprint density at radius 2 is 1.71 bits per heavy atom. The fourth-order valence-corrected chi connectivity index (χ4v) is 5.69. The van der Waals surface area contributed by atoms with Gasteiger partial charge in [0.2, 0.25) is 17.6 Å². The van der Waals surface area contributed by atoms with E-state index in [4.69, 9.17) is 4.42 Å². The summed E-state index contributed by atoms with van der Waals surface area (Å²) in [6.45, 7) is 1.66. The van der Waals surface area contributed by atoms with E-state index in [1.54, 1.807) is 23.1 Å². The van der Waals surface area contributed by atoms with Crippen molar-refractivity contribution in [2.45, 2.75) is 95.8 Å². The molecule has 2 aliphatic carbocycles. The minimum absolute atomic E-state index is 0.0822. The molecule has 1 atom stereocenters. The molecule has 5 rings (SSSR count). The highest BCUT2D eigenvalue weighted by Gasteiger charge is 2.38. The second-order valence-electron chi connectivity index (χ2n) is 10.4. The summed E-state index contributed by atoms with van der Waals surface area (Å²) in [6.07, 6.45) is 9.87. The van der Waals surface area contributed by atoms with E-state index in [1.807, 2.05) is 13.0 Å². The standard InChI is InChI=1S/C28H35FN6O3/c1-19-12-17-24(38-19)27-31-33-34(32-27)18-25(36)35(23-10-6-3-7-11-23)26(20-13-15-21(29)16-14-20)28(37)30-22-8-4-2-5-9-22/h12-17,22-23,26H,2-11,18H2,1H3,(H,30,37)/t26-/m1/s1. The van der Waals surface area contributed by atoms with Crippen molar-refractivity contribution < 1.29 is 18.4 Å². The molecule has 0 radical (unpaired) electrons. The van der Waals surface area contributed by atoms with E-state index in [0.717, 1.165) is 63.5 Å². The minimum Gasteiger partial charge on any atom is -0.458 e. The Balaban J connectivity index is 1.44. The van der Waals surface area contributed by atoms with Gasteiger partial charge in [-0.2, -0.15) is 4.80 Å². The van der Waals surface area contributed by atoms with Gasteiger partial charge < -0.3 is 14.6 Å². The number of aromatic nitrogens is 4. The number of amides is 2. The van der Waals surface area contributed by atoms with Crippen molar-refractivity contribution in [3.63, 3.8) is 0 Å². The molecule has 0 spiro atoms. The van der Waals surface area contributed by atoms with E-state index in [-0.39, 0.29) is 36.3 Å². The summed E-state index contributed by atoms with van der Waals surface area (Å²) in [5, 5.41) is 15.7. The van der Waals surface area contributed by atoms with Crippen molar-refractivity contribution in [2.75, 3.05) is 0 Å². The van der Waals surface area contributed by atoms with E-state index in [0.29, 0.717) is 17.1 Å². The van der Waals surface area contributed by atoms with Gasteiger partial charge in [0, 0.05) is 12.1 Å². The Bertz CT molecular complexity index is 1230. The Kier molecular flexibility index (Phi) is 8.14. The van der Waals surface area contributed by atoms with Crippen molar-refractivity contribution in [1.29, 1.82) is 0 Å². The van der Waals surface area contributed by atoms with Crippen LogP contribution in [0.3, 0.4) is 0 Å². The number of nitrogens with one attached hydrogen (secondary N) is 1. The van der Waals surface area contributed by atoms with Crippen LogP contribution >= 0.6 is 0 Å². The van der Waals surface area contributed by atoms with E-state index in [9.17, 15) is 14.0 Å². The first-order valence-electron chi connectivity index (χ1n) is 13.7. The molecule has 0 bridgehead atoms. The zero-order valence-electron chi connectivity index (χ0n) is 21.8. The molecule has 2 saturated carbocycles. The number of tetrazole rings is 1. The van der Waals surface area contributed by atoms with Gasteiger partial charge in [0.15, 0.2) is 5.76 Å². The van der Waals surface area contributed by atoms with Crippen molar-refractivity contribution >= 4 is 11.8 Å². The first-order valence-corrected chi connectivity index (χ1v) is 13.7. The van der Waals surface area contributed by atoms with Crippen LogP contribution in [0.5, 0.6) is 0 Å². The molecule has 0 unspecified atom stereocenters. The lowest BCUT2D eigenvalue weighted by molar-refractivity contribution is -0.145. The highest BCUT2D eigenvalue weighted by molar-refractivity contribution is 5.89. The molecule has 2 amide bonds. The molecule has 0 saturated heterocycles. The number of aryl methyl sites for hydroxylation is 1. The summed E-state index contributed by atoms with van der Waals surface area (Å²) in [5.41, 5.74) is 0.594. The van der Waals surface area contributed by atoms with Gasteiger partial charge in [-0.15, -0.1) is 10.2 Å². The summed E-state index contributed by atoms with van der Waals surface area (Å²) in [7, 11) is 0. The van der Waals surface area contributed by atoms with Gasteiger partial charge >= 0.3 is 0 Å². The van der Waals surface area contributed by atoms with Crippen LogP contribution < -0.4 is 5.32 Å². The third kappa shape index (κ3) is 6.11. The van der Waals surface area contributed by atoms with Gasteiger partial charge in [-0.25, -0.2) is 4.39 Å². The fourth-order valence-electron chi connectivity index (χ4n) is 5.69. The number of hydrogen-bond acceptors (Lipinski definition) is 6. The Hall–Kier alpha value is -3.56. The number of rotatable bonds is 8. The molecular formula is C28H35FN6O3. The Morgan fingerprint density at radius 3 is 2.37 bits per heavy atom. The van der Waals surface area contributed by atoms with Gasteiger partial charge in [-0.1, -0.05) is 50.7 Å². The molecule has 2 heterocycles. The summed E-state index contributed by atoms with van der Waals surface area (Å²) in [5.74, 6) is 0.609. The lowest BCUT2D eigenvalue weighted by Gasteiger charge is -2.40. The summed E-state index contributed by atoms with van der Waals surface area (Å²) in [6, 6.07) is 8.56. The Labute approximate surface area is 221 Å². The molecule has 10 heteroatoms. The smallest absolute Gasteiger partial charge is 0.247 e. The summed E-state index contributed by atoms with van der Waals surface area (Å²) < 4.78 is 19.4. The lowest BCUT2D eigenvalue weighted by Crippen LogP contribution is -2.52. The highest BCUT2D eigenvalue weighted by Crippen LogP contribution is 2.32. The molecule has 2 aliphatic rings. The molecule has 9 nitrogen and oxygen atoms in total. The number of nitrogens with zero attached hydrogens (tertiary/aromatic N) is 5. The predicted octanol–water partition coefficient (Wildman–Crippen LogP) is 4.73. The van der Waals surface area contributed by atoms with E-state index in [2.05, 4.69) is 20.7 Å². The number of carbonyl (C=O) groups is 2. The van der Waals surface area contributed by atoms with Crippen molar-refractivity contribution in [3.8, 4) is 11.6 Å². The molecule has 1 N–H and O–H groups in total. The Morgan fingerprint density at radius 1 is 1.03 bits per heavy atom. The van der Waals surface area contributed by atoms with Gasteiger partial charge in [-0.3, -0.25) is 9.59 Å². The minimum atomic E-state index is -0.871. The molecular weight excluding hydrogens is 487 g/mol. The van der Waals surface area contributed by atoms with Crippen molar-refractivity contribution in [1.82, 2.24) is 30.4 Å². The maximum atomic E-state index is 14.0. The number of hydrogen-bond donors (Lipinski definition) is 1. The maximum absolute atomic E-state index is 14.0. The molecule has 1 aromatic carbocycles. The summed E-state index contributed by atoms with van der Waals surface area (Å²) in [4.78, 5) is 30.8. The first-order chi connectivity index (χ1) is 18.5. The topological polar surface area (TPSA) is 106 Å². The zero-order valence-corrected chi connectivity index (χ0v) is 21.8. The molecule has 38 heavy (non-hydrogen) atoms. The quantitative estimate of drug-likeness (QED) is 0.458. The molecule has 0 aliphatic heterocycles. The molecule has 202 valence electrons. The van der Waals surface area contributed by atoms with E-state index >= 15 is 0 Å². The average Bonchev–Trinajstić information content (AvgIpc) is 3.57. The maximum Gasteiger partial charge on any atom is 0.247 e. The van der Waals surface area contributed by atoms with Crippen LogP contribution in [0.25, 0.3) is 11.6 Å². The van der Waals surface area contributed by atoms with Crippen LogP contribution in [0.2, 0.25) is 0 Å². The third-order valence-electron chi connectivity index (χ3n) is 7.61. The van der Waals surface area contributed by atoms with Gasteiger partial charge in [0.25, 0.3) is 0 Å². The van der Waals surface area contributed by atoms with Crippen LogP contribution in [0, 0.1) is 12.7 Å². The predicted molar refractivity (Wildman–Crippen MR) is 138 cm³/mol. The van der Waals surface area contributed by atoms with Gasteiger partial charge in [0.05, 0.1) is 0 Å². The summed E-state index contributed by atoms with van der Waals surface area (Å²) >= 11 is 0. The van der Waals surface area contributed by atoms with Gasteiger partial charge in [0.1, 0.15) is 24.2 Å². The van der Waals surface area contributed by atoms with E-state index < -0.39 is 6.04 Å². The van der Waals surface area contributed by atoms with Crippen LogP contribution in [0.15, 0.2) is 40.8 Å². The van der Waals surface area contributed by atoms with Crippen LogP contribution in [0.4, 0.5) is 4.39 Å². The second kappa shape index (κ2) is 11.9. The highest BCUT2D eigenvalue weighted by atomic mass is 19.1. The number of benzene rings is 1. The van der Waals surface area contributed by atoms with Crippen LogP contribution in [-0.4, -0.2) is 49.0 Å². The monoisotopic (exact) mass is 522 g/mol. The number of carbonyl (C=O) groups excluding carboxylic acids is 2. The van der Waals surface area contributed by atoms with Crippen LogP contribution in [0.1, 0.15) is 81.6 Å². The SMILES string of the molecule is Cc1ccc(-c2nnn(CC(=O)N(C3CCCCC3)[C@@H](C(=O)NC3CCCCC3)c3ccc(F)cc3)n2)o1. The average molecular weight is 523 g/mol. The molecule has 3 aromatic rings. The van der Waals surface area contributed by atoms with Crippen LogP contribution in [-0.2, 0) is 16.1 Å². The number of halogens is 1. The normalized spacial score (nSPS) is 17.7. The third-order valence-corrected chi connectivity index (χ3v) is 7.61. The van der Waals surface area contributed by atoms with Crippen molar-refractivity contribution in [2.24, 2.45) is 0 Å². The van der Waals surface area contributed by atoms with E-state index in [1.165, 1.54) is 23.4 Å². The number of furan rings is 1. The van der Waals surface area contributed by atoms with Gasteiger partial charge in [-0.05, 0) is 67.6 Å². The van der Waals surface area contributed by atoms with Crippen molar-refractivity contribution in [3.05, 3.63) is 53.5 Å². The fraction of sp³-hybridized carbons (Fsp3) is 0.536. The zero-order chi connectivity index (χ0) is 26.5.